The van der Waals surface area contributed by atoms with E-state index in [-0.39, 0.29) is 11.6 Å². The lowest BCUT2D eigenvalue weighted by Crippen LogP contribution is -2.52. The van der Waals surface area contributed by atoms with Gasteiger partial charge >= 0.3 is 0 Å². The van der Waals surface area contributed by atoms with Crippen LogP contribution in [0.5, 0.6) is 5.75 Å². The normalized spacial score (nSPS) is 29.3. The Balaban J connectivity index is 1.80. The third-order valence-corrected chi connectivity index (χ3v) is 5.13. The van der Waals surface area contributed by atoms with Gasteiger partial charge in [-0.1, -0.05) is 31.0 Å². The minimum absolute atomic E-state index is 0.0632. The Hall–Kier alpha value is -1.06. The maximum Gasteiger partial charge on any atom is 0.124 e. The van der Waals surface area contributed by atoms with Crippen molar-refractivity contribution < 1.29 is 4.74 Å². The molecule has 0 aliphatic carbocycles. The smallest absolute Gasteiger partial charge is 0.124 e. The summed E-state index contributed by atoms with van der Waals surface area (Å²) in [5.41, 5.74) is 7.57. The molecule has 1 aromatic carbocycles. The summed E-state index contributed by atoms with van der Waals surface area (Å²) < 4.78 is 6.27. The third-order valence-electron chi connectivity index (χ3n) is 5.13. The van der Waals surface area contributed by atoms with Gasteiger partial charge in [0, 0.05) is 24.1 Å². The molecule has 2 atom stereocenters. The van der Waals surface area contributed by atoms with Gasteiger partial charge in [0.2, 0.25) is 0 Å². The number of fused-ring (bicyclic) bond motifs is 1. The molecule has 1 fully saturated rings. The minimum atomic E-state index is -0.208. The van der Waals surface area contributed by atoms with Gasteiger partial charge in [-0.3, -0.25) is 0 Å². The van der Waals surface area contributed by atoms with Crippen LogP contribution < -0.4 is 10.5 Å². The third kappa shape index (κ3) is 3.09. The van der Waals surface area contributed by atoms with E-state index in [0.717, 1.165) is 17.9 Å². The molecule has 0 amide bonds. The zero-order chi connectivity index (χ0) is 14.9. The van der Waals surface area contributed by atoms with Crippen LogP contribution in [0.4, 0.5) is 0 Å². The molecule has 3 nitrogen and oxygen atoms in total. The van der Waals surface area contributed by atoms with E-state index in [0.29, 0.717) is 5.92 Å². The van der Waals surface area contributed by atoms with Gasteiger partial charge in [-0.2, -0.15) is 0 Å². The molecule has 0 saturated carbocycles. The number of rotatable bonds is 2. The molecule has 2 aliphatic heterocycles. The standard InChI is InChI=1S/C18H28N2O/c1-18(2)15(13-20-11-7-3-4-8-12-20)17(19)14-9-5-6-10-16(14)21-18/h5-6,9-10,15,17H,3-4,7-8,11-13,19H2,1-2H3. The van der Waals surface area contributed by atoms with Crippen molar-refractivity contribution >= 4 is 0 Å². The quantitative estimate of drug-likeness (QED) is 0.907. The number of benzene rings is 1. The maximum atomic E-state index is 6.62. The molecule has 0 radical (unpaired) electrons. The molecule has 21 heavy (non-hydrogen) atoms. The second kappa shape index (κ2) is 5.98. The summed E-state index contributed by atoms with van der Waals surface area (Å²) in [4.78, 5) is 2.59. The molecular formula is C18H28N2O. The molecule has 0 spiro atoms. The lowest BCUT2D eigenvalue weighted by Gasteiger charge is -2.45. The van der Waals surface area contributed by atoms with E-state index in [2.05, 4.69) is 30.9 Å². The number of para-hydroxylation sites is 1. The molecule has 1 aromatic rings. The van der Waals surface area contributed by atoms with Crippen molar-refractivity contribution in [2.24, 2.45) is 11.7 Å². The van der Waals surface area contributed by atoms with Crippen LogP contribution >= 0.6 is 0 Å². The first-order valence-corrected chi connectivity index (χ1v) is 8.34. The molecule has 1 saturated heterocycles. The fraction of sp³-hybridized carbons (Fsp3) is 0.667. The number of hydrogen-bond donors (Lipinski definition) is 1. The summed E-state index contributed by atoms with van der Waals surface area (Å²) in [7, 11) is 0. The zero-order valence-electron chi connectivity index (χ0n) is 13.3. The fourth-order valence-corrected chi connectivity index (χ4v) is 3.79. The molecule has 116 valence electrons. The van der Waals surface area contributed by atoms with Crippen molar-refractivity contribution in [2.75, 3.05) is 19.6 Å². The van der Waals surface area contributed by atoms with Crippen molar-refractivity contribution in [3.8, 4) is 5.75 Å². The average Bonchev–Trinajstić information content (AvgIpc) is 2.71. The molecule has 2 aliphatic rings. The van der Waals surface area contributed by atoms with Gasteiger partial charge in [0.1, 0.15) is 11.4 Å². The van der Waals surface area contributed by atoms with Crippen molar-refractivity contribution in [1.29, 1.82) is 0 Å². The number of likely N-dealkylation sites (tertiary alicyclic amines) is 1. The van der Waals surface area contributed by atoms with Crippen molar-refractivity contribution in [3.63, 3.8) is 0 Å². The van der Waals surface area contributed by atoms with Crippen LogP contribution in [0.2, 0.25) is 0 Å². The number of hydrogen-bond acceptors (Lipinski definition) is 3. The Morgan fingerprint density at radius 2 is 1.81 bits per heavy atom. The Labute approximate surface area is 128 Å². The SMILES string of the molecule is CC1(C)Oc2ccccc2C(N)C1CN1CCCCCC1. The molecule has 3 heteroatoms. The van der Waals surface area contributed by atoms with Crippen LogP contribution in [0.25, 0.3) is 0 Å². The largest absolute Gasteiger partial charge is 0.487 e. The molecule has 2 heterocycles. The van der Waals surface area contributed by atoms with Crippen molar-refractivity contribution in [1.82, 2.24) is 4.90 Å². The van der Waals surface area contributed by atoms with Crippen LogP contribution in [0, 0.1) is 5.92 Å². The average molecular weight is 288 g/mol. The van der Waals surface area contributed by atoms with Crippen LogP contribution in [0.1, 0.15) is 51.1 Å². The molecule has 3 rings (SSSR count). The highest BCUT2D eigenvalue weighted by atomic mass is 16.5. The lowest BCUT2D eigenvalue weighted by atomic mass is 9.78. The number of nitrogens with two attached hydrogens (primary N) is 1. The zero-order valence-corrected chi connectivity index (χ0v) is 13.3. The van der Waals surface area contributed by atoms with Gasteiger partial charge in [-0.25, -0.2) is 0 Å². The van der Waals surface area contributed by atoms with Gasteiger partial charge in [-0.15, -0.1) is 0 Å². The Morgan fingerprint density at radius 3 is 2.52 bits per heavy atom. The van der Waals surface area contributed by atoms with Crippen LogP contribution in [-0.2, 0) is 0 Å². The number of nitrogens with zero attached hydrogens (tertiary/aromatic N) is 1. The first-order valence-electron chi connectivity index (χ1n) is 8.34. The maximum absolute atomic E-state index is 6.62. The van der Waals surface area contributed by atoms with Gasteiger partial charge in [-0.05, 0) is 45.8 Å². The fourth-order valence-electron chi connectivity index (χ4n) is 3.79. The van der Waals surface area contributed by atoms with E-state index >= 15 is 0 Å². The van der Waals surface area contributed by atoms with E-state index in [4.69, 9.17) is 10.5 Å². The first kappa shape index (κ1) is 14.9. The highest BCUT2D eigenvalue weighted by Crippen LogP contribution is 2.42. The van der Waals surface area contributed by atoms with Gasteiger partial charge in [0.15, 0.2) is 0 Å². The predicted octanol–water partition coefficient (Wildman–Crippen LogP) is 3.35. The Bertz CT molecular complexity index is 478. The summed E-state index contributed by atoms with van der Waals surface area (Å²) in [5, 5.41) is 0. The van der Waals surface area contributed by atoms with Crippen molar-refractivity contribution in [3.05, 3.63) is 29.8 Å². The van der Waals surface area contributed by atoms with E-state index < -0.39 is 0 Å². The molecule has 0 bridgehead atoms. The topological polar surface area (TPSA) is 38.5 Å². The minimum Gasteiger partial charge on any atom is -0.487 e. The van der Waals surface area contributed by atoms with Gasteiger partial charge in [0.25, 0.3) is 0 Å². The predicted molar refractivity (Wildman–Crippen MR) is 86.5 cm³/mol. The number of ether oxygens (including phenoxy) is 1. The van der Waals surface area contributed by atoms with E-state index in [9.17, 15) is 0 Å². The molecule has 0 aromatic heterocycles. The molecular weight excluding hydrogens is 260 g/mol. The van der Waals surface area contributed by atoms with Crippen LogP contribution in [0.3, 0.4) is 0 Å². The summed E-state index contributed by atoms with van der Waals surface area (Å²) in [6.45, 7) is 7.83. The molecule has 2 N–H and O–H groups in total. The second-order valence-corrected chi connectivity index (χ2v) is 7.09. The summed E-state index contributed by atoms with van der Waals surface area (Å²) in [6, 6.07) is 8.30. The Kier molecular flexibility index (Phi) is 4.23. The summed E-state index contributed by atoms with van der Waals surface area (Å²) in [6.07, 6.45) is 5.38. The van der Waals surface area contributed by atoms with Gasteiger partial charge in [0.05, 0.1) is 0 Å². The van der Waals surface area contributed by atoms with Crippen LogP contribution in [0.15, 0.2) is 24.3 Å². The monoisotopic (exact) mass is 288 g/mol. The second-order valence-electron chi connectivity index (χ2n) is 7.09. The highest BCUT2D eigenvalue weighted by Gasteiger charge is 2.42. The Morgan fingerprint density at radius 1 is 1.14 bits per heavy atom. The van der Waals surface area contributed by atoms with Gasteiger partial charge < -0.3 is 15.4 Å². The van der Waals surface area contributed by atoms with E-state index in [1.165, 1.54) is 38.8 Å². The summed E-state index contributed by atoms with van der Waals surface area (Å²) in [5.74, 6) is 1.30. The lowest BCUT2D eigenvalue weighted by molar-refractivity contribution is -0.00622. The molecule has 2 unspecified atom stereocenters. The van der Waals surface area contributed by atoms with Crippen LogP contribution in [-0.4, -0.2) is 30.1 Å². The van der Waals surface area contributed by atoms with E-state index in [1.807, 2.05) is 12.1 Å². The highest BCUT2D eigenvalue weighted by molar-refractivity contribution is 5.39. The summed E-state index contributed by atoms with van der Waals surface area (Å²) >= 11 is 0. The van der Waals surface area contributed by atoms with E-state index in [1.54, 1.807) is 0 Å². The first-order chi connectivity index (χ1) is 10.1. The van der Waals surface area contributed by atoms with Crippen molar-refractivity contribution in [2.45, 2.75) is 51.2 Å².